The van der Waals surface area contributed by atoms with Crippen molar-refractivity contribution in [2.45, 2.75) is 44.0 Å². The number of hydrogen-bond donors (Lipinski definition) is 1. The second-order valence-electron chi connectivity index (χ2n) is 6.27. The molecule has 1 unspecified atom stereocenters. The Bertz CT molecular complexity index is 583. The van der Waals surface area contributed by atoms with Gasteiger partial charge in [0, 0.05) is 19.4 Å². The van der Waals surface area contributed by atoms with E-state index >= 15 is 0 Å². The van der Waals surface area contributed by atoms with Gasteiger partial charge < -0.3 is 24.3 Å². The SMILES string of the molecule is COc1cccc(C(=O)NCC2COC3(CCCCC3)O2)c1OC. The Morgan fingerprint density at radius 2 is 2.04 bits per heavy atom. The zero-order valence-corrected chi connectivity index (χ0v) is 14.3. The normalized spacial score (nSPS) is 22.3. The highest BCUT2D eigenvalue weighted by Crippen LogP contribution is 2.37. The summed E-state index contributed by atoms with van der Waals surface area (Å²) in [7, 11) is 3.07. The molecule has 1 saturated carbocycles. The topological polar surface area (TPSA) is 66.0 Å². The van der Waals surface area contributed by atoms with E-state index in [-0.39, 0.29) is 12.0 Å². The molecule has 0 bridgehead atoms. The number of methoxy groups -OCH3 is 2. The first-order chi connectivity index (χ1) is 11.7. The second-order valence-corrected chi connectivity index (χ2v) is 6.27. The molecule has 132 valence electrons. The summed E-state index contributed by atoms with van der Waals surface area (Å²) in [4.78, 5) is 12.5. The fourth-order valence-corrected chi connectivity index (χ4v) is 3.44. The quantitative estimate of drug-likeness (QED) is 0.896. The number of carbonyl (C=O) groups excluding carboxylic acids is 1. The van der Waals surface area contributed by atoms with Gasteiger partial charge in [-0.2, -0.15) is 0 Å². The number of hydrogen-bond acceptors (Lipinski definition) is 5. The highest BCUT2D eigenvalue weighted by Gasteiger charge is 2.42. The van der Waals surface area contributed by atoms with Crippen LogP contribution in [0.2, 0.25) is 0 Å². The van der Waals surface area contributed by atoms with E-state index in [9.17, 15) is 4.79 Å². The van der Waals surface area contributed by atoms with Crippen molar-refractivity contribution >= 4 is 5.91 Å². The van der Waals surface area contributed by atoms with Crippen LogP contribution in [0.4, 0.5) is 0 Å². The second kappa shape index (κ2) is 7.40. The van der Waals surface area contributed by atoms with Gasteiger partial charge in [0.05, 0.1) is 26.4 Å². The maximum absolute atomic E-state index is 12.5. The molecule has 24 heavy (non-hydrogen) atoms. The molecular weight excluding hydrogens is 310 g/mol. The molecule has 1 aliphatic heterocycles. The number of amides is 1. The highest BCUT2D eigenvalue weighted by atomic mass is 16.7. The molecule has 1 saturated heterocycles. The van der Waals surface area contributed by atoms with E-state index < -0.39 is 5.79 Å². The van der Waals surface area contributed by atoms with Gasteiger partial charge in [-0.05, 0) is 25.0 Å². The maximum Gasteiger partial charge on any atom is 0.255 e. The highest BCUT2D eigenvalue weighted by molar-refractivity contribution is 5.97. The molecule has 1 N–H and O–H groups in total. The standard InChI is InChI=1S/C18H25NO5/c1-21-15-8-6-7-14(16(15)22-2)17(20)19-11-13-12-23-18(24-13)9-4-3-5-10-18/h6-8,13H,3-5,9-12H2,1-2H3,(H,19,20). The van der Waals surface area contributed by atoms with Crippen LogP contribution < -0.4 is 14.8 Å². The van der Waals surface area contributed by atoms with Crippen molar-refractivity contribution in [3.05, 3.63) is 23.8 Å². The molecule has 6 nitrogen and oxygen atoms in total. The Kier molecular flexibility index (Phi) is 5.26. The zero-order chi connectivity index (χ0) is 17.0. The fourth-order valence-electron chi connectivity index (χ4n) is 3.44. The van der Waals surface area contributed by atoms with Crippen molar-refractivity contribution in [1.29, 1.82) is 0 Å². The molecule has 1 aliphatic carbocycles. The van der Waals surface area contributed by atoms with Crippen LogP contribution in [0.25, 0.3) is 0 Å². The van der Waals surface area contributed by atoms with Crippen LogP contribution >= 0.6 is 0 Å². The third-order valence-electron chi connectivity index (χ3n) is 4.67. The van der Waals surface area contributed by atoms with Crippen LogP contribution in [0, 0.1) is 0 Å². The minimum Gasteiger partial charge on any atom is -0.493 e. The molecule has 1 spiro atoms. The lowest BCUT2D eigenvalue weighted by Gasteiger charge is -2.31. The fraction of sp³-hybridized carbons (Fsp3) is 0.611. The Morgan fingerprint density at radius 1 is 1.25 bits per heavy atom. The molecule has 1 aromatic rings. The minimum atomic E-state index is -0.415. The first-order valence-corrected chi connectivity index (χ1v) is 8.48. The predicted molar refractivity (Wildman–Crippen MR) is 88.5 cm³/mol. The van der Waals surface area contributed by atoms with E-state index in [0.29, 0.717) is 30.2 Å². The smallest absolute Gasteiger partial charge is 0.255 e. The van der Waals surface area contributed by atoms with Gasteiger partial charge in [0.1, 0.15) is 6.10 Å². The first kappa shape index (κ1) is 17.0. The lowest BCUT2D eigenvalue weighted by molar-refractivity contribution is -0.186. The van der Waals surface area contributed by atoms with Crippen LogP contribution in [0.5, 0.6) is 11.5 Å². The van der Waals surface area contributed by atoms with Gasteiger partial charge in [0.2, 0.25) is 0 Å². The molecule has 6 heteroatoms. The molecule has 1 atom stereocenters. The van der Waals surface area contributed by atoms with Gasteiger partial charge in [0.25, 0.3) is 5.91 Å². The number of carbonyl (C=O) groups is 1. The van der Waals surface area contributed by atoms with E-state index in [1.165, 1.54) is 13.5 Å². The lowest BCUT2D eigenvalue weighted by Crippen LogP contribution is -2.37. The zero-order valence-electron chi connectivity index (χ0n) is 14.3. The summed E-state index contributed by atoms with van der Waals surface area (Å²) < 4.78 is 22.5. The Labute approximate surface area is 142 Å². The van der Waals surface area contributed by atoms with E-state index in [1.807, 2.05) is 0 Å². The number of nitrogens with one attached hydrogen (secondary N) is 1. The van der Waals surface area contributed by atoms with Gasteiger partial charge in [-0.15, -0.1) is 0 Å². The van der Waals surface area contributed by atoms with Crippen molar-refractivity contribution in [2.75, 3.05) is 27.4 Å². The van der Waals surface area contributed by atoms with E-state index in [0.717, 1.165) is 25.7 Å². The Morgan fingerprint density at radius 3 is 2.75 bits per heavy atom. The Balaban J connectivity index is 1.58. The van der Waals surface area contributed by atoms with Gasteiger partial charge >= 0.3 is 0 Å². The summed E-state index contributed by atoms with van der Waals surface area (Å²) in [6, 6.07) is 5.24. The van der Waals surface area contributed by atoms with Crippen LogP contribution in [-0.2, 0) is 9.47 Å². The van der Waals surface area contributed by atoms with Crippen LogP contribution in [0.15, 0.2) is 18.2 Å². The molecule has 1 heterocycles. The van der Waals surface area contributed by atoms with Gasteiger partial charge in [-0.3, -0.25) is 4.79 Å². The third kappa shape index (κ3) is 3.49. The van der Waals surface area contributed by atoms with E-state index in [1.54, 1.807) is 25.3 Å². The molecule has 1 amide bonds. The van der Waals surface area contributed by atoms with E-state index in [2.05, 4.69) is 5.32 Å². The summed E-state index contributed by atoms with van der Waals surface area (Å²) >= 11 is 0. The molecular formula is C18H25NO5. The third-order valence-corrected chi connectivity index (χ3v) is 4.67. The number of ether oxygens (including phenoxy) is 4. The van der Waals surface area contributed by atoms with Crippen LogP contribution in [0.3, 0.4) is 0 Å². The first-order valence-electron chi connectivity index (χ1n) is 8.48. The molecule has 1 aromatic carbocycles. The van der Waals surface area contributed by atoms with Crippen LogP contribution in [0.1, 0.15) is 42.5 Å². The molecule has 2 fully saturated rings. The molecule has 0 aromatic heterocycles. The summed E-state index contributed by atoms with van der Waals surface area (Å²) in [5, 5.41) is 2.91. The Hall–Kier alpha value is -1.79. The maximum atomic E-state index is 12.5. The van der Waals surface area contributed by atoms with Gasteiger partial charge in [-0.1, -0.05) is 12.5 Å². The number of rotatable bonds is 5. The van der Waals surface area contributed by atoms with Crippen molar-refractivity contribution in [3.8, 4) is 11.5 Å². The average molecular weight is 335 g/mol. The average Bonchev–Trinajstić information content (AvgIpc) is 3.01. The van der Waals surface area contributed by atoms with Crippen molar-refractivity contribution in [1.82, 2.24) is 5.32 Å². The monoisotopic (exact) mass is 335 g/mol. The van der Waals surface area contributed by atoms with E-state index in [4.69, 9.17) is 18.9 Å². The largest absolute Gasteiger partial charge is 0.493 e. The van der Waals surface area contributed by atoms with Crippen molar-refractivity contribution < 1.29 is 23.7 Å². The number of para-hydroxylation sites is 1. The molecule has 0 radical (unpaired) electrons. The summed E-state index contributed by atoms with van der Waals surface area (Å²) in [6.07, 6.45) is 5.30. The van der Waals surface area contributed by atoms with Gasteiger partial charge in [-0.25, -0.2) is 0 Å². The summed E-state index contributed by atoms with van der Waals surface area (Å²) in [5.74, 6) is 0.344. The summed E-state index contributed by atoms with van der Waals surface area (Å²) in [5.41, 5.74) is 0.447. The molecule has 2 aliphatic rings. The minimum absolute atomic E-state index is 0.108. The van der Waals surface area contributed by atoms with Crippen molar-refractivity contribution in [3.63, 3.8) is 0 Å². The summed E-state index contributed by atoms with van der Waals surface area (Å²) in [6.45, 7) is 0.941. The van der Waals surface area contributed by atoms with Crippen LogP contribution in [-0.4, -0.2) is 45.2 Å². The predicted octanol–water partition coefficient (Wildman–Crippen LogP) is 2.51. The molecule has 3 rings (SSSR count). The number of benzene rings is 1. The van der Waals surface area contributed by atoms with Gasteiger partial charge in [0.15, 0.2) is 17.3 Å². The lowest BCUT2D eigenvalue weighted by atomic mass is 9.94. The van der Waals surface area contributed by atoms with Crippen molar-refractivity contribution in [2.24, 2.45) is 0 Å².